The summed E-state index contributed by atoms with van der Waals surface area (Å²) in [6.07, 6.45) is 18.0. The zero-order valence-electron chi connectivity index (χ0n) is 24.3. The van der Waals surface area contributed by atoms with E-state index in [-0.39, 0.29) is 11.9 Å². The molecule has 0 radical (unpaired) electrons. The monoisotopic (exact) mass is 480 g/mol. The minimum atomic E-state index is -0.417. The number of rotatable bonds is 16. The van der Waals surface area contributed by atoms with E-state index in [1.165, 1.54) is 38.5 Å². The van der Waals surface area contributed by atoms with Crippen molar-refractivity contribution in [1.29, 1.82) is 0 Å². The van der Waals surface area contributed by atoms with Gasteiger partial charge in [-0.25, -0.2) is 0 Å². The minimum Gasteiger partial charge on any atom is -0.460 e. The molecule has 0 aliphatic carbocycles. The predicted octanol–water partition coefficient (Wildman–Crippen LogP) is 8.96. The number of allylic oxidation sites excluding steroid dienone is 2. The average molecular weight is 481 g/mol. The van der Waals surface area contributed by atoms with E-state index in [9.17, 15) is 9.59 Å². The topological polar surface area (TPSA) is 52.6 Å². The van der Waals surface area contributed by atoms with Gasteiger partial charge in [0, 0.05) is 0 Å². The third kappa shape index (κ3) is 17.2. The van der Waals surface area contributed by atoms with Crippen LogP contribution in [0.1, 0.15) is 146 Å². The fourth-order valence-electron chi connectivity index (χ4n) is 3.64. The molecule has 0 unspecified atom stereocenters. The summed E-state index contributed by atoms with van der Waals surface area (Å²) in [6, 6.07) is 0. The first kappa shape index (κ1) is 32.7. The molecule has 4 heteroatoms. The van der Waals surface area contributed by atoms with Crippen molar-refractivity contribution in [1.82, 2.24) is 0 Å². The molecule has 200 valence electrons. The van der Waals surface area contributed by atoms with Crippen molar-refractivity contribution >= 4 is 11.9 Å². The second-order valence-corrected chi connectivity index (χ2v) is 13.1. The Balaban J connectivity index is 3.76. The van der Waals surface area contributed by atoms with Crippen molar-refractivity contribution in [3.63, 3.8) is 0 Å². The molecular weight excluding hydrogens is 424 g/mol. The standard InChI is InChI=1S/C30H56O4/c1-27(2,3)33-25(31)29(7,8)23-21-19-17-15-13-11-12-14-16-18-20-22-24-30(9,10)26(32)34-28(4,5)6/h11-12H,13-24H2,1-10H3/b12-11+. The Labute approximate surface area is 211 Å². The number of unbranched alkanes of at least 4 members (excludes halogenated alkanes) is 8. The summed E-state index contributed by atoms with van der Waals surface area (Å²) in [4.78, 5) is 24.6. The van der Waals surface area contributed by atoms with E-state index in [0.717, 1.165) is 38.5 Å². The molecule has 34 heavy (non-hydrogen) atoms. The summed E-state index contributed by atoms with van der Waals surface area (Å²) in [5.74, 6) is -0.177. The molecule has 0 aromatic carbocycles. The highest BCUT2D eigenvalue weighted by Crippen LogP contribution is 2.29. The van der Waals surface area contributed by atoms with Crippen molar-refractivity contribution in [2.75, 3.05) is 0 Å². The molecule has 0 aromatic rings. The van der Waals surface area contributed by atoms with E-state index in [1.54, 1.807) is 0 Å². The van der Waals surface area contributed by atoms with Crippen LogP contribution in [0, 0.1) is 10.8 Å². The van der Waals surface area contributed by atoms with Crippen molar-refractivity contribution in [2.24, 2.45) is 10.8 Å². The number of hydrogen-bond donors (Lipinski definition) is 0. The second-order valence-electron chi connectivity index (χ2n) is 13.1. The van der Waals surface area contributed by atoms with Crippen LogP contribution in [0.25, 0.3) is 0 Å². The second kappa shape index (κ2) is 14.9. The molecule has 0 aliphatic rings. The van der Waals surface area contributed by atoms with Gasteiger partial charge in [-0.3, -0.25) is 9.59 Å². The van der Waals surface area contributed by atoms with Crippen molar-refractivity contribution in [3.8, 4) is 0 Å². The van der Waals surface area contributed by atoms with Gasteiger partial charge in [0.15, 0.2) is 0 Å². The third-order valence-corrected chi connectivity index (χ3v) is 5.91. The maximum absolute atomic E-state index is 12.3. The zero-order chi connectivity index (χ0) is 26.5. The molecule has 4 nitrogen and oxygen atoms in total. The molecule has 0 atom stereocenters. The quantitative estimate of drug-likeness (QED) is 0.126. The number of carbonyl (C=O) groups excluding carboxylic acids is 2. The Bertz CT molecular complexity index is 561. The van der Waals surface area contributed by atoms with Crippen molar-refractivity contribution in [3.05, 3.63) is 12.2 Å². The lowest BCUT2D eigenvalue weighted by molar-refractivity contribution is -0.167. The maximum atomic E-state index is 12.3. The van der Waals surface area contributed by atoms with Gasteiger partial charge in [-0.1, -0.05) is 50.7 Å². The molecule has 0 rings (SSSR count). The summed E-state index contributed by atoms with van der Waals surface area (Å²) in [5, 5.41) is 0. The van der Waals surface area contributed by atoms with Crippen LogP contribution in [-0.2, 0) is 19.1 Å². The number of carbonyl (C=O) groups is 2. The molecule has 0 heterocycles. The number of hydrogen-bond acceptors (Lipinski definition) is 4. The van der Waals surface area contributed by atoms with E-state index in [2.05, 4.69) is 12.2 Å². The lowest BCUT2D eigenvalue weighted by Gasteiger charge is -2.28. The lowest BCUT2D eigenvalue weighted by Crippen LogP contribution is -2.33. The van der Waals surface area contributed by atoms with Crippen molar-refractivity contribution in [2.45, 2.75) is 157 Å². The third-order valence-electron chi connectivity index (χ3n) is 5.91. The molecule has 0 aromatic heterocycles. The van der Waals surface area contributed by atoms with Crippen LogP contribution in [0.2, 0.25) is 0 Å². The Morgan fingerprint density at radius 2 is 0.794 bits per heavy atom. The van der Waals surface area contributed by atoms with Gasteiger partial charge >= 0.3 is 11.9 Å². The largest absolute Gasteiger partial charge is 0.460 e. The molecule has 0 spiro atoms. The number of ether oxygens (including phenoxy) is 2. The van der Waals surface area contributed by atoms with E-state index in [4.69, 9.17) is 9.47 Å². The lowest BCUT2D eigenvalue weighted by atomic mass is 9.86. The fourth-order valence-corrected chi connectivity index (χ4v) is 3.64. The van der Waals surface area contributed by atoms with E-state index in [1.807, 2.05) is 69.2 Å². The first-order valence-electron chi connectivity index (χ1n) is 13.6. The highest BCUT2D eigenvalue weighted by Gasteiger charge is 2.32. The molecule has 0 saturated heterocycles. The van der Waals surface area contributed by atoms with Crippen LogP contribution in [0.5, 0.6) is 0 Å². The average Bonchev–Trinajstić information content (AvgIpc) is 2.65. The van der Waals surface area contributed by atoms with Crippen molar-refractivity contribution < 1.29 is 19.1 Å². The van der Waals surface area contributed by atoms with Crippen LogP contribution in [0.4, 0.5) is 0 Å². The molecular formula is C30H56O4. The van der Waals surface area contributed by atoms with Gasteiger partial charge in [0.25, 0.3) is 0 Å². The zero-order valence-corrected chi connectivity index (χ0v) is 24.3. The summed E-state index contributed by atoms with van der Waals surface area (Å²) >= 11 is 0. The molecule has 0 amide bonds. The first-order valence-corrected chi connectivity index (χ1v) is 13.6. The molecule has 0 fully saturated rings. The van der Waals surface area contributed by atoms with Gasteiger partial charge in [0.2, 0.25) is 0 Å². The number of esters is 2. The molecule has 0 aliphatic heterocycles. The smallest absolute Gasteiger partial charge is 0.312 e. The Hall–Kier alpha value is -1.32. The van der Waals surface area contributed by atoms with Crippen LogP contribution in [0.3, 0.4) is 0 Å². The summed E-state index contributed by atoms with van der Waals surface area (Å²) in [6.45, 7) is 19.5. The summed E-state index contributed by atoms with van der Waals surface area (Å²) in [5.41, 5.74) is -1.64. The van der Waals surface area contributed by atoms with Gasteiger partial charge in [-0.05, 0) is 108 Å². The van der Waals surface area contributed by atoms with Crippen LogP contribution < -0.4 is 0 Å². The van der Waals surface area contributed by atoms with Crippen LogP contribution in [0.15, 0.2) is 12.2 Å². The van der Waals surface area contributed by atoms with Gasteiger partial charge in [0.1, 0.15) is 11.2 Å². The first-order chi connectivity index (χ1) is 15.5. The predicted molar refractivity (Wildman–Crippen MR) is 144 cm³/mol. The van der Waals surface area contributed by atoms with Crippen LogP contribution >= 0.6 is 0 Å². The molecule has 0 N–H and O–H groups in total. The molecule has 0 saturated carbocycles. The molecule has 0 bridgehead atoms. The normalized spacial score (nSPS) is 13.4. The Kier molecular flexibility index (Phi) is 14.4. The highest BCUT2D eigenvalue weighted by molar-refractivity contribution is 5.76. The summed E-state index contributed by atoms with van der Waals surface area (Å²) in [7, 11) is 0. The summed E-state index contributed by atoms with van der Waals surface area (Å²) < 4.78 is 11.1. The van der Waals surface area contributed by atoms with Gasteiger partial charge in [0.05, 0.1) is 10.8 Å². The fraction of sp³-hybridized carbons (Fsp3) is 0.867. The maximum Gasteiger partial charge on any atom is 0.312 e. The van der Waals surface area contributed by atoms with Gasteiger partial charge in [-0.15, -0.1) is 0 Å². The van der Waals surface area contributed by atoms with Crippen LogP contribution in [-0.4, -0.2) is 23.1 Å². The Morgan fingerprint density at radius 1 is 0.500 bits per heavy atom. The van der Waals surface area contributed by atoms with E-state index in [0.29, 0.717) is 0 Å². The van der Waals surface area contributed by atoms with Gasteiger partial charge < -0.3 is 9.47 Å². The van der Waals surface area contributed by atoms with E-state index >= 15 is 0 Å². The minimum absolute atomic E-state index is 0.0883. The van der Waals surface area contributed by atoms with E-state index < -0.39 is 22.0 Å². The Morgan fingerprint density at radius 3 is 1.09 bits per heavy atom. The highest BCUT2D eigenvalue weighted by atomic mass is 16.6. The SMILES string of the molecule is CC(C)(C)OC(=O)C(C)(C)CCCCCC/C=C/CCCCCCC(C)(C)C(=O)OC(C)(C)C. The van der Waals surface area contributed by atoms with Gasteiger partial charge in [-0.2, -0.15) is 0 Å².